The number of rotatable bonds is 6. The first-order valence-electron chi connectivity index (χ1n) is 6.29. The molecule has 0 unspecified atom stereocenters. The van der Waals surface area contributed by atoms with Crippen molar-refractivity contribution in [1.29, 1.82) is 0 Å². The highest BCUT2D eigenvalue weighted by Crippen LogP contribution is 2.22. The maximum absolute atomic E-state index is 11.0. The van der Waals surface area contributed by atoms with Gasteiger partial charge in [-0.15, -0.1) is 10.2 Å². The summed E-state index contributed by atoms with van der Waals surface area (Å²) >= 11 is 1.59. The summed E-state index contributed by atoms with van der Waals surface area (Å²) in [5, 5.41) is 9.06. The topological polar surface area (TPSA) is 99.8 Å². The van der Waals surface area contributed by atoms with Gasteiger partial charge in [-0.3, -0.25) is 4.79 Å². The number of hydrogen-bond donors (Lipinski definition) is 2. The smallest absolute Gasteiger partial charge is 0.248 e. The Morgan fingerprint density at radius 2 is 2.00 bits per heavy atom. The Morgan fingerprint density at radius 1 is 1.30 bits per heavy atom. The van der Waals surface area contributed by atoms with Crippen LogP contribution in [-0.4, -0.2) is 20.7 Å². The minimum atomic E-state index is -0.414. The summed E-state index contributed by atoms with van der Waals surface area (Å²) in [4.78, 5) is 11.0. The SMILES string of the molecule is CCn1c(CN)nnc1SCc1ccc(C(N)=O)cc1. The zero-order valence-electron chi connectivity index (χ0n) is 11.2. The van der Waals surface area contributed by atoms with E-state index in [0.717, 1.165) is 28.8 Å². The number of carbonyl (C=O) groups is 1. The van der Waals surface area contributed by atoms with E-state index in [1.807, 2.05) is 23.6 Å². The lowest BCUT2D eigenvalue weighted by molar-refractivity contribution is 0.100. The first-order chi connectivity index (χ1) is 9.65. The third-order valence-corrected chi connectivity index (χ3v) is 3.94. The highest BCUT2D eigenvalue weighted by atomic mass is 32.2. The van der Waals surface area contributed by atoms with E-state index in [1.165, 1.54) is 0 Å². The first-order valence-corrected chi connectivity index (χ1v) is 7.28. The quantitative estimate of drug-likeness (QED) is 0.778. The molecule has 0 aliphatic heterocycles. The molecule has 0 bridgehead atoms. The average Bonchev–Trinajstić information content (AvgIpc) is 2.87. The third kappa shape index (κ3) is 3.17. The van der Waals surface area contributed by atoms with Crippen molar-refractivity contribution in [3.63, 3.8) is 0 Å². The van der Waals surface area contributed by atoms with Crippen molar-refractivity contribution in [3.05, 3.63) is 41.2 Å². The zero-order valence-corrected chi connectivity index (χ0v) is 12.1. The monoisotopic (exact) mass is 291 g/mol. The van der Waals surface area contributed by atoms with Crippen LogP contribution in [0.5, 0.6) is 0 Å². The van der Waals surface area contributed by atoms with Crippen LogP contribution in [-0.2, 0) is 18.8 Å². The lowest BCUT2D eigenvalue weighted by Crippen LogP contribution is -2.10. The molecule has 20 heavy (non-hydrogen) atoms. The molecule has 1 amide bonds. The molecule has 1 heterocycles. The van der Waals surface area contributed by atoms with Crippen molar-refractivity contribution < 1.29 is 4.79 Å². The zero-order chi connectivity index (χ0) is 14.5. The van der Waals surface area contributed by atoms with Crippen molar-refractivity contribution in [2.45, 2.75) is 30.9 Å². The molecule has 1 aromatic heterocycles. The van der Waals surface area contributed by atoms with Crippen LogP contribution in [0.3, 0.4) is 0 Å². The largest absolute Gasteiger partial charge is 0.366 e. The molecule has 6 nitrogen and oxygen atoms in total. The second-order valence-corrected chi connectivity index (χ2v) is 5.14. The fraction of sp³-hybridized carbons (Fsp3) is 0.308. The minimum absolute atomic E-state index is 0.384. The van der Waals surface area contributed by atoms with Gasteiger partial charge in [0.05, 0.1) is 6.54 Å². The molecule has 7 heteroatoms. The van der Waals surface area contributed by atoms with Gasteiger partial charge >= 0.3 is 0 Å². The van der Waals surface area contributed by atoms with Crippen molar-refractivity contribution in [1.82, 2.24) is 14.8 Å². The normalized spacial score (nSPS) is 10.7. The van der Waals surface area contributed by atoms with Gasteiger partial charge in [-0.25, -0.2) is 0 Å². The molecule has 0 atom stereocenters. The summed E-state index contributed by atoms with van der Waals surface area (Å²) in [5.41, 5.74) is 12.4. The lowest BCUT2D eigenvalue weighted by atomic mass is 10.1. The number of hydrogen-bond acceptors (Lipinski definition) is 5. The van der Waals surface area contributed by atoms with Gasteiger partial charge in [0.2, 0.25) is 5.91 Å². The number of nitrogens with two attached hydrogens (primary N) is 2. The second kappa shape index (κ2) is 6.53. The fourth-order valence-corrected chi connectivity index (χ4v) is 2.78. The molecule has 2 aromatic rings. The molecular weight excluding hydrogens is 274 g/mol. The van der Waals surface area contributed by atoms with Gasteiger partial charge in [-0.1, -0.05) is 23.9 Å². The number of primary amides is 1. The first kappa shape index (κ1) is 14.5. The Bertz CT molecular complexity index is 593. The van der Waals surface area contributed by atoms with Crippen LogP contribution in [0.15, 0.2) is 29.4 Å². The molecule has 0 aliphatic rings. The van der Waals surface area contributed by atoms with Crippen molar-refractivity contribution in [2.24, 2.45) is 11.5 Å². The molecule has 2 rings (SSSR count). The Balaban J connectivity index is 2.05. The van der Waals surface area contributed by atoms with Crippen LogP contribution in [0.1, 0.15) is 28.7 Å². The number of thioether (sulfide) groups is 1. The number of benzene rings is 1. The van der Waals surface area contributed by atoms with Crippen LogP contribution in [0, 0.1) is 0 Å². The number of carbonyl (C=O) groups excluding carboxylic acids is 1. The maximum Gasteiger partial charge on any atom is 0.248 e. The van der Waals surface area contributed by atoms with Crippen LogP contribution in [0.2, 0.25) is 0 Å². The predicted molar refractivity (Wildman–Crippen MR) is 78.1 cm³/mol. The van der Waals surface area contributed by atoms with Gasteiger partial charge in [-0.05, 0) is 24.6 Å². The molecule has 0 saturated heterocycles. The van der Waals surface area contributed by atoms with E-state index in [9.17, 15) is 4.79 Å². The highest BCUT2D eigenvalue weighted by Gasteiger charge is 2.10. The summed E-state index contributed by atoms with van der Waals surface area (Å²) in [6.45, 7) is 3.21. The summed E-state index contributed by atoms with van der Waals surface area (Å²) < 4.78 is 2.00. The molecule has 106 valence electrons. The summed E-state index contributed by atoms with van der Waals surface area (Å²) in [7, 11) is 0. The van der Waals surface area contributed by atoms with E-state index in [2.05, 4.69) is 10.2 Å². The van der Waals surface area contributed by atoms with E-state index in [4.69, 9.17) is 11.5 Å². The third-order valence-electron chi connectivity index (χ3n) is 2.90. The van der Waals surface area contributed by atoms with Gasteiger partial charge < -0.3 is 16.0 Å². The summed E-state index contributed by atoms with van der Waals surface area (Å²) in [6, 6.07) is 7.25. The molecule has 0 radical (unpaired) electrons. The Morgan fingerprint density at radius 3 is 2.55 bits per heavy atom. The fourth-order valence-electron chi connectivity index (χ4n) is 1.81. The Hall–Kier alpha value is -1.86. The molecule has 0 fully saturated rings. The highest BCUT2D eigenvalue weighted by molar-refractivity contribution is 7.98. The average molecular weight is 291 g/mol. The lowest BCUT2D eigenvalue weighted by Gasteiger charge is -2.06. The standard InChI is InChI=1S/C13H17N5OS/c1-2-18-11(7-14)16-17-13(18)20-8-9-3-5-10(6-4-9)12(15)19/h3-6H,2,7-8,14H2,1H3,(H2,15,19). The van der Waals surface area contributed by atoms with Gasteiger partial charge in [0.15, 0.2) is 5.16 Å². The van der Waals surface area contributed by atoms with E-state index < -0.39 is 5.91 Å². The van der Waals surface area contributed by atoms with E-state index >= 15 is 0 Å². The number of aromatic nitrogens is 3. The van der Waals surface area contributed by atoms with Gasteiger partial charge in [-0.2, -0.15) is 0 Å². The molecular formula is C13H17N5OS. The number of amides is 1. The van der Waals surface area contributed by atoms with Gasteiger partial charge in [0, 0.05) is 17.9 Å². The summed E-state index contributed by atoms with van der Waals surface area (Å²) in [6.07, 6.45) is 0. The van der Waals surface area contributed by atoms with E-state index in [1.54, 1.807) is 23.9 Å². The molecule has 0 aliphatic carbocycles. The van der Waals surface area contributed by atoms with Gasteiger partial charge in [0.1, 0.15) is 5.82 Å². The van der Waals surface area contributed by atoms with Crippen LogP contribution in [0.25, 0.3) is 0 Å². The maximum atomic E-state index is 11.0. The van der Waals surface area contributed by atoms with Crippen molar-refractivity contribution in [3.8, 4) is 0 Å². The summed E-state index contributed by atoms with van der Waals surface area (Å²) in [5.74, 6) is 1.13. The molecule has 4 N–H and O–H groups in total. The second-order valence-electron chi connectivity index (χ2n) is 4.20. The Kier molecular flexibility index (Phi) is 4.75. The minimum Gasteiger partial charge on any atom is -0.366 e. The Labute approximate surface area is 121 Å². The van der Waals surface area contributed by atoms with Crippen LogP contribution >= 0.6 is 11.8 Å². The molecule has 0 spiro atoms. The number of nitrogens with zero attached hydrogens (tertiary/aromatic N) is 3. The van der Waals surface area contributed by atoms with Crippen molar-refractivity contribution in [2.75, 3.05) is 0 Å². The van der Waals surface area contributed by atoms with Crippen LogP contribution < -0.4 is 11.5 Å². The van der Waals surface area contributed by atoms with E-state index in [-0.39, 0.29) is 0 Å². The molecule has 0 saturated carbocycles. The molecule has 1 aromatic carbocycles. The van der Waals surface area contributed by atoms with Crippen molar-refractivity contribution >= 4 is 17.7 Å². The van der Waals surface area contributed by atoms with Gasteiger partial charge in [0.25, 0.3) is 0 Å². The predicted octanol–water partition coefficient (Wildman–Crippen LogP) is 1.15. The van der Waals surface area contributed by atoms with Crippen LogP contribution in [0.4, 0.5) is 0 Å². The van der Waals surface area contributed by atoms with E-state index in [0.29, 0.717) is 12.1 Å².